The molecular weight excluding hydrogens is 501 g/mol. The number of nitrogens with one attached hydrogen (secondary N) is 3. The Morgan fingerprint density at radius 3 is 2.67 bits per heavy atom. The number of H-pyrrole nitrogens is 1. The van der Waals surface area contributed by atoms with E-state index in [1.54, 1.807) is 16.6 Å². The number of rotatable bonds is 8. The average molecular weight is 526 g/mol. The highest BCUT2D eigenvalue weighted by Gasteiger charge is 2.27. The molecule has 4 heterocycles. The van der Waals surface area contributed by atoms with Gasteiger partial charge < -0.3 is 15.7 Å². The van der Waals surface area contributed by atoms with Crippen molar-refractivity contribution in [2.24, 2.45) is 0 Å². The molecule has 4 N–H and O–H groups in total. The van der Waals surface area contributed by atoms with Crippen LogP contribution in [0.5, 0.6) is 0 Å². The first kappa shape index (κ1) is 25.5. The fourth-order valence-corrected chi connectivity index (χ4v) is 3.87. The third-order valence-corrected chi connectivity index (χ3v) is 6.09. The van der Waals surface area contributed by atoms with Gasteiger partial charge in [-0.05, 0) is 62.4 Å². The van der Waals surface area contributed by atoms with Crippen LogP contribution in [-0.4, -0.2) is 59.1 Å². The van der Waals surface area contributed by atoms with Crippen LogP contribution in [0.15, 0.2) is 67.3 Å². The number of aromatic nitrogens is 6. The summed E-state index contributed by atoms with van der Waals surface area (Å²) in [6.07, 6.45) is 2.69. The molecule has 0 aliphatic heterocycles. The largest absolute Gasteiger partial charge is 0.387 e. The second-order valence-electron chi connectivity index (χ2n) is 9.38. The summed E-state index contributed by atoms with van der Waals surface area (Å²) in [4.78, 5) is 21.7. The number of amides is 1. The lowest BCUT2D eigenvalue weighted by atomic mass is 10.0. The number of hydrogen-bond acceptors (Lipinski definition) is 8. The van der Waals surface area contributed by atoms with E-state index >= 15 is 0 Å². The molecule has 0 spiro atoms. The molecule has 0 radical (unpaired) electrons. The molecule has 0 saturated carbocycles. The van der Waals surface area contributed by atoms with E-state index in [-0.39, 0.29) is 12.1 Å². The molecule has 0 aliphatic carbocycles. The number of halogens is 1. The molecule has 12 heteroatoms. The number of aliphatic hydroxyl groups is 1. The normalized spacial score (nSPS) is 12.2. The van der Waals surface area contributed by atoms with Crippen LogP contribution < -0.4 is 10.6 Å². The Labute approximate surface area is 222 Å². The van der Waals surface area contributed by atoms with Crippen LogP contribution in [0.4, 0.5) is 15.8 Å². The SMILES string of the molecule is CC(C)(O)[C@H](F)CNC(=O)c1cnc(-c2ccc3cc(C#N)cnn23)cc1Nc1ccc(-c2nc[nH]n2)cc1. The highest BCUT2D eigenvalue weighted by molar-refractivity contribution is 6.00. The van der Waals surface area contributed by atoms with Gasteiger partial charge in [0.1, 0.15) is 18.6 Å². The number of alkyl halides is 1. The maximum atomic E-state index is 14.3. The maximum Gasteiger partial charge on any atom is 0.255 e. The number of hydrogen-bond donors (Lipinski definition) is 4. The topological polar surface area (TPSA) is 157 Å². The number of nitrogens with zero attached hydrogens (tertiary/aromatic N) is 6. The summed E-state index contributed by atoms with van der Waals surface area (Å²) in [6.45, 7) is 2.30. The lowest BCUT2D eigenvalue weighted by molar-refractivity contribution is -0.00177. The average Bonchev–Trinajstić information content (AvgIpc) is 3.61. The predicted octanol–water partition coefficient (Wildman–Crippen LogP) is 3.64. The van der Waals surface area contributed by atoms with Crippen molar-refractivity contribution in [3.05, 3.63) is 78.4 Å². The smallest absolute Gasteiger partial charge is 0.255 e. The minimum atomic E-state index is -1.66. The first-order chi connectivity index (χ1) is 18.7. The number of pyridine rings is 1. The molecule has 1 amide bonds. The molecule has 5 aromatic rings. The predicted molar refractivity (Wildman–Crippen MR) is 142 cm³/mol. The van der Waals surface area contributed by atoms with E-state index in [0.717, 1.165) is 5.56 Å². The van der Waals surface area contributed by atoms with E-state index in [0.29, 0.717) is 39.7 Å². The minimum absolute atomic E-state index is 0.181. The van der Waals surface area contributed by atoms with Crippen LogP contribution in [0.1, 0.15) is 29.8 Å². The summed E-state index contributed by atoms with van der Waals surface area (Å²) in [5.41, 5.74) is 2.79. The quantitative estimate of drug-likeness (QED) is 0.239. The van der Waals surface area contributed by atoms with Crippen LogP contribution in [0.2, 0.25) is 0 Å². The molecule has 4 aromatic heterocycles. The number of anilines is 2. The highest BCUT2D eigenvalue weighted by Crippen LogP contribution is 2.28. The zero-order valence-corrected chi connectivity index (χ0v) is 21.1. The van der Waals surface area contributed by atoms with Gasteiger partial charge in [-0.1, -0.05) is 0 Å². The molecular formula is C27H24FN9O2. The summed E-state index contributed by atoms with van der Waals surface area (Å²) in [6, 6.07) is 16.4. The van der Waals surface area contributed by atoms with Gasteiger partial charge in [-0.3, -0.25) is 14.9 Å². The Morgan fingerprint density at radius 1 is 1.18 bits per heavy atom. The third kappa shape index (κ3) is 5.43. The Bertz CT molecular complexity index is 1670. The Morgan fingerprint density at radius 2 is 1.97 bits per heavy atom. The first-order valence-electron chi connectivity index (χ1n) is 12.0. The molecule has 1 atom stereocenters. The van der Waals surface area contributed by atoms with Gasteiger partial charge in [-0.25, -0.2) is 13.9 Å². The zero-order chi connectivity index (χ0) is 27.6. The number of carbonyl (C=O) groups excluding carboxylic acids is 1. The van der Waals surface area contributed by atoms with Crippen molar-refractivity contribution in [2.75, 3.05) is 11.9 Å². The monoisotopic (exact) mass is 525 g/mol. The molecule has 0 bridgehead atoms. The highest BCUT2D eigenvalue weighted by atomic mass is 19.1. The van der Waals surface area contributed by atoms with Crippen LogP contribution in [0.3, 0.4) is 0 Å². The zero-order valence-electron chi connectivity index (χ0n) is 21.1. The van der Waals surface area contributed by atoms with E-state index in [4.69, 9.17) is 5.26 Å². The van der Waals surface area contributed by atoms with Gasteiger partial charge >= 0.3 is 0 Å². The van der Waals surface area contributed by atoms with Crippen molar-refractivity contribution in [3.63, 3.8) is 0 Å². The van der Waals surface area contributed by atoms with Gasteiger partial charge in [0, 0.05) is 17.4 Å². The summed E-state index contributed by atoms with van der Waals surface area (Å²) in [7, 11) is 0. The minimum Gasteiger partial charge on any atom is -0.387 e. The summed E-state index contributed by atoms with van der Waals surface area (Å²) < 4.78 is 15.9. The standard InChI is InChI=1S/C27H24FN9O2/c1-27(2,39)24(28)14-31-26(38)20-13-30-22(23-8-7-19-9-16(11-29)12-34-37(19)23)10-21(20)35-18-5-3-17(4-6-18)25-32-15-33-36-25/h3-10,12-13,15,24,39H,14H2,1-2H3,(H,30,35)(H,31,38)(H,32,33,36)/t24-/m1/s1. The molecule has 0 fully saturated rings. The van der Waals surface area contributed by atoms with E-state index in [1.807, 2.05) is 36.4 Å². The number of aromatic amines is 1. The van der Waals surface area contributed by atoms with Crippen molar-refractivity contribution in [3.8, 4) is 28.8 Å². The summed E-state index contributed by atoms with van der Waals surface area (Å²) in [5.74, 6) is -0.00911. The molecule has 0 aliphatic rings. The van der Waals surface area contributed by atoms with Crippen LogP contribution in [-0.2, 0) is 0 Å². The Kier molecular flexibility index (Phi) is 6.74. The fourth-order valence-electron chi connectivity index (χ4n) is 3.87. The second-order valence-corrected chi connectivity index (χ2v) is 9.38. The van der Waals surface area contributed by atoms with Crippen molar-refractivity contribution < 1.29 is 14.3 Å². The third-order valence-electron chi connectivity index (χ3n) is 6.09. The number of benzene rings is 1. The molecule has 196 valence electrons. The van der Waals surface area contributed by atoms with Crippen molar-refractivity contribution >= 4 is 22.8 Å². The first-order valence-corrected chi connectivity index (χ1v) is 12.0. The summed E-state index contributed by atoms with van der Waals surface area (Å²) >= 11 is 0. The van der Waals surface area contributed by atoms with E-state index in [2.05, 4.69) is 42.0 Å². The van der Waals surface area contributed by atoms with Gasteiger partial charge in [0.15, 0.2) is 5.82 Å². The van der Waals surface area contributed by atoms with Gasteiger partial charge in [0.05, 0.1) is 52.1 Å². The Balaban J connectivity index is 1.49. The molecule has 0 unspecified atom stereocenters. The van der Waals surface area contributed by atoms with Crippen LogP contribution in [0.25, 0.3) is 28.3 Å². The van der Waals surface area contributed by atoms with Crippen molar-refractivity contribution in [2.45, 2.75) is 25.6 Å². The van der Waals surface area contributed by atoms with E-state index in [9.17, 15) is 14.3 Å². The lowest BCUT2D eigenvalue weighted by Crippen LogP contribution is -2.42. The molecule has 11 nitrogen and oxygen atoms in total. The lowest BCUT2D eigenvalue weighted by Gasteiger charge is -2.22. The summed E-state index contributed by atoms with van der Waals surface area (Å²) in [5, 5.41) is 35.9. The van der Waals surface area contributed by atoms with Crippen molar-refractivity contribution in [1.29, 1.82) is 5.26 Å². The fraction of sp³-hybridized carbons (Fsp3) is 0.185. The van der Waals surface area contributed by atoms with E-state index < -0.39 is 17.7 Å². The molecule has 5 rings (SSSR count). The van der Waals surface area contributed by atoms with Crippen LogP contribution >= 0.6 is 0 Å². The number of fused-ring (bicyclic) bond motifs is 1. The number of carbonyl (C=O) groups is 1. The van der Waals surface area contributed by atoms with Crippen LogP contribution in [0, 0.1) is 11.3 Å². The Hall–Kier alpha value is -5.15. The molecule has 1 aromatic carbocycles. The maximum absolute atomic E-state index is 14.3. The second kappa shape index (κ2) is 10.3. The van der Waals surface area contributed by atoms with E-state index in [1.165, 1.54) is 32.6 Å². The van der Waals surface area contributed by atoms with Gasteiger partial charge in [0.25, 0.3) is 5.91 Å². The van der Waals surface area contributed by atoms with Gasteiger partial charge in [0.2, 0.25) is 0 Å². The van der Waals surface area contributed by atoms with Gasteiger partial charge in [-0.2, -0.15) is 15.5 Å². The number of nitriles is 1. The van der Waals surface area contributed by atoms with Crippen molar-refractivity contribution in [1.82, 2.24) is 35.1 Å². The molecule has 39 heavy (non-hydrogen) atoms. The van der Waals surface area contributed by atoms with Gasteiger partial charge in [-0.15, -0.1) is 0 Å². The molecule has 0 saturated heterocycles.